The molecule has 42 heavy (non-hydrogen) atoms. The number of nitrogens with two attached hydrogens (primary N) is 2. The fourth-order valence-corrected chi connectivity index (χ4v) is 4.99. The second-order valence-corrected chi connectivity index (χ2v) is 11.1. The molecule has 2 aromatic carbocycles. The first kappa shape index (κ1) is 32.2. The van der Waals surface area contributed by atoms with Gasteiger partial charge >= 0.3 is 0 Å². The van der Waals surface area contributed by atoms with E-state index in [2.05, 4.69) is 32.5 Å². The van der Waals surface area contributed by atoms with Crippen molar-refractivity contribution in [1.82, 2.24) is 10.3 Å². The molecule has 1 heterocycles. The number of fused-ring (bicyclic) bond motifs is 1. The smallest absolute Gasteiger partial charge is 0.269 e. The van der Waals surface area contributed by atoms with E-state index < -0.39 is 5.91 Å². The molecule has 7 N–H and O–H groups in total. The van der Waals surface area contributed by atoms with Crippen LogP contribution < -0.4 is 32.7 Å². The number of carbonyl (C=O) groups excluding carboxylic acids is 1. The third kappa shape index (κ3) is 7.31. The number of hydrogen-bond acceptors (Lipinski definition) is 5. The third-order valence-electron chi connectivity index (χ3n) is 6.80. The van der Waals surface area contributed by atoms with Crippen molar-refractivity contribution in [3.8, 4) is 0 Å². The first-order valence-electron chi connectivity index (χ1n) is 14.0. The molecule has 1 atom stereocenters. The van der Waals surface area contributed by atoms with Gasteiger partial charge in [0.25, 0.3) is 5.91 Å². The fraction of sp³-hybridized carbons (Fsp3) is 0.273. The Bertz CT molecular complexity index is 1780. The zero-order valence-corrected chi connectivity index (χ0v) is 26.7. The first-order valence-corrected chi connectivity index (χ1v) is 14.6. The van der Waals surface area contributed by atoms with E-state index in [9.17, 15) is 4.79 Å². The van der Waals surface area contributed by atoms with E-state index in [0.717, 1.165) is 56.7 Å². The second kappa shape index (κ2) is 14.1. The minimum absolute atomic E-state index is 0.0928. The lowest BCUT2D eigenvalue weighted by atomic mass is 10.0. The fourth-order valence-electron chi connectivity index (χ4n) is 4.74. The van der Waals surface area contributed by atoms with Crippen molar-refractivity contribution in [2.24, 2.45) is 15.7 Å². The summed E-state index contributed by atoms with van der Waals surface area (Å²) in [6.07, 6.45) is 6.97. The topological polar surface area (TPSA) is 146 Å². The highest BCUT2D eigenvalue weighted by Crippen LogP contribution is 2.22. The summed E-state index contributed by atoms with van der Waals surface area (Å²) in [5.74, 6) is 0.0270. The number of nitrogens with zero attached hydrogens (tertiary/aromatic N) is 2. The predicted molar refractivity (Wildman–Crippen MR) is 184 cm³/mol. The summed E-state index contributed by atoms with van der Waals surface area (Å²) >= 11 is 0. The SMILES string of the molecule is CC/C=C(/C)NC(C=C(C)C)=Nc1cc(P)ccc1C(C)=N/C(C(N)=O)=c1/[nH]c2ccc(N)c(C=N)c2/c1=C(/C)CC. The van der Waals surface area contributed by atoms with Crippen LogP contribution in [0.1, 0.15) is 72.4 Å². The van der Waals surface area contributed by atoms with E-state index in [4.69, 9.17) is 26.9 Å². The highest BCUT2D eigenvalue weighted by molar-refractivity contribution is 7.27. The van der Waals surface area contributed by atoms with Crippen LogP contribution >= 0.6 is 9.24 Å². The Hall–Kier alpha value is -4.29. The van der Waals surface area contributed by atoms with E-state index >= 15 is 0 Å². The van der Waals surface area contributed by atoms with Gasteiger partial charge in [-0.1, -0.05) is 43.2 Å². The zero-order chi connectivity index (χ0) is 31.1. The molecule has 3 rings (SSSR count). The molecule has 0 spiro atoms. The van der Waals surface area contributed by atoms with Crippen molar-refractivity contribution in [2.45, 2.75) is 61.3 Å². The number of aromatic amines is 1. The van der Waals surface area contributed by atoms with Gasteiger partial charge in [-0.05, 0) is 77.0 Å². The van der Waals surface area contributed by atoms with Crippen LogP contribution in [0.5, 0.6) is 0 Å². The number of primary amides is 1. The Morgan fingerprint density at radius 3 is 2.43 bits per heavy atom. The van der Waals surface area contributed by atoms with Crippen LogP contribution in [0.15, 0.2) is 63.7 Å². The van der Waals surface area contributed by atoms with Gasteiger partial charge in [0.05, 0.1) is 11.0 Å². The zero-order valence-electron chi connectivity index (χ0n) is 25.6. The molecule has 9 heteroatoms. The molecule has 8 nitrogen and oxygen atoms in total. The molecule has 0 saturated heterocycles. The lowest BCUT2D eigenvalue weighted by molar-refractivity contribution is -0.113. The highest BCUT2D eigenvalue weighted by Gasteiger charge is 2.16. The maximum absolute atomic E-state index is 13.0. The molecule has 0 aliphatic heterocycles. The van der Waals surface area contributed by atoms with E-state index in [0.29, 0.717) is 33.8 Å². The van der Waals surface area contributed by atoms with Gasteiger partial charge in [-0.25, -0.2) is 9.98 Å². The number of carbonyl (C=O) groups is 1. The van der Waals surface area contributed by atoms with Gasteiger partial charge in [0, 0.05) is 50.6 Å². The summed E-state index contributed by atoms with van der Waals surface area (Å²) in [5.41, 5.74) is 19.3. The Kier molecular flexibility index (Phi) is 10.8. The van der Waals surface area contributed by atoms with Crippen molar-refractivity contribution in [3.05, 3.63) is 75.4 Å². The number of anilines is 1. The molecule has 0 saturated carbocycles. The largest absolute Gasteiger partial charge is 0.398 e. The van der Waals surface area contributed by atoms with Gasteiger partial charge in [-0.15, -0.1) is 9.24 Å². The predicted octanol–water partition coefficient (Wildman–Crippen LogP) is 4.83. The average Bonchev–Trinajstić information content (AvgIpc) is 3.30. The summed E-state index contributed by atoms with van der Waals surface area (Å²) in [7, 11) is 2.71. The number of nitrogen functional groups attached to an aromatic ring is 1. The van der Waals surface area contributed by atoms with Crippen molar-refractivity contribution in [3.63, 3.8) is 0 Å². The van der Waals surface area contributed by atoms with Gasteiger partial charge in [0.2, 0.25) is 0 Å². The molecule has 3 aromatic rings. The number of aromatic nitrogens is 1. The van der Waals surface area contributed by atoms with Gasteiger partial charge in [0.1, 0.15) is 5.84 Å². The van der Waals surface area contributed by atoms with E-state index in [-0.39, 0.29) is 5.70 Å². The number of nitrogens with one attached hydrogen (secondary N) is 3. The van der Waals surface area contributed by atoms with Crippen LogP contribution in [-0.2, 0) is 4.79 Å². The Morgan fingerprint density at radius 1 is 1.12 bits per heavy atom. The van der Waals surface area contributed by atoms with Crippen molar-refractivity contribution < 1.29 is 4.79 Å². The number of rotatable bonds is 9. The molecule has 1 aromatic heterocycles. The lowest BCUT2D eigenvalue weighted by Crippen LogP contribution is -2.32. The van der Waals surface area contributed by atoms with Crippen molar-refractivity contribution in [2.75, 3.05) is 5.73 Å². The van der Waals surface area contributed by atoms with E-state index in [1.165, 1.54) is 6.21 Å². The average molecular weight is 584 g/mol. The first-order chi connectivity index (χ1) is 19.9. The van der Waals surface area contributed by atoms with Gasteiger partial charge in [0.15, 0.2) is 5.70 Å². The Morgan fingerprint density at radius 2 is 1.83 bits per heavy atom. The maximum atomic E-state index is 13.0. The van der Waals surface area contributed by atoms with E-state index in [1.54, 1.807) is 6.07 Å². The van der Waals surface area contributed by atoms with Crippen LogP contribution in [0.2, 0.25) is 0 Å². The van der Waals surface area contributed by atoms with Crippen LogP contribution in [-0.4, -0.2) is 28.7 Å². The monoisotopic (exact) mass is 583 g/mol. The minimum Gasteiger partial charge on any atom is -0.398 e. The molecule has 0 bridgehead atoms. The maximum Gasteiger partial charge on any atom is 0.269 e. The van der Waals surface area contributed by atoms with Crippen molar-refractivity contribution >= 4 is 71.8 Å². The van der Waals surface area contributed by atoms with Gasteiger partial charge in [-0.2, -0.15) is 0 Å². The second-order valence-electron chi connectivity index (χ2n) is 10.5. The number of amidine groups is 1. The number of amides is 1. The molecule has 1 amide bonds. The number of aliphatic imine (C=N–C) groups is 2. The van der Waals surface area contributed by atoms with Crippen LogP contribution in [0, 0.1) is 5.41 Å². The number of benzene rings is 2. The molecule has 1 unspecified atom stereocenters. The van der Waals surface area contributed by atoms with Gasteiger partial charge < -0.3 is 27.2 Å². The van der Waals surface area contributed by atoms with Gasteiger partial charge in [-0.3, -0.25) is 4.79 Å². The molecule has 0 aliphatic carbocycles. The highest BCUT2D eigenvalue weighted by atomic mass is 31.0. The normalized spacial score (nSPS) is 14.0. The molecular weight excluding hydrogens is 541 g/mol. The standard InChI is InChI=1S/C33H42N7OP/c1-8-10-20(6)37-28(15-18(3)4)39-27-16-22(42)11-12-23(27)21(7)38-32(33(36)41)31-29(19(5)9-2)30-24(17-34)25(35)13-14-26(30)40-31/h10-17,34,40H,8-9,35,42H2,1-7H3,(H2,36,41)(H,37,39)/b20-10-,29-19+,32-31+,34-17?,38-21?. The summed E-state index contributed by atoms with van der Waals surface area (Å²) < 4.78 is 0. The molecule has 0 radical (unpaired) electrons. The third-order valence-corrected chi connectivity index (χ3v) is 7.16. The van der Waals surface area contributed by atoms with Crippen LogP contribution in [0.25, 0.3) is 22.2 Å². The molecule has 0 aliphatic rings. The summed E-state index contributed by atoms with van der Waals surface area (Å²) in [6.45, 7) is 14.0. The Balaban J connectivity index is 2.40. The molecule has 220 valence electrons. The van der Waals surface area contributed by atoms with Crippen molar-refractivity contribution in [1.29, 1.82) is 5.41 Å². The summed E-state index contributed by atoms with van der Waals surface area (Å²) in [4.78, 5) is 26.1. The lowest BCUT2D eigenvalue weighted by Gasteiger charge is -2.11. The number of H-pyrrole nitrogens is 1. The van der Waals surface area contributed by atoms with Crippen LogP contribution in [0.4, 0.5) is 11.4 Å². The van der Waals surface area contributed by atoms with Crippen LogP contribution in [0.3, 0.4) is 0 Å². The summed E-state index contributed by atoms with van der Waals surface area (Å²) in [6, 6.07) is 9.46. The molecular formula is C33H42N7OP. The van der Waals surface area contributed by atoms with E-state index in [1.807, 2.05) is 71.9 Å². The number of hydrogen-bond donors (Lipinski definition) is 5. The minimum atomic E-state index is -0.671. The molecule has 0 fully saturated rings. The summed E-state index contributed by atoms with van der Waals surface area (Å²) in [5, 5.41) is 14.4. The Labute approximate surface area is 250 Å². The quantitative estimate of drug-likeness (QED) is 0.106. The number of allylic oxidation sites excluding steroid dienone is 3.